The number of benzene rings is 1. The summed E-state index contributed by atoms with van der Waals surface area (Å²) in [4.78, 5) is 27.2. The molecule has 2 amide bonds. The van der Waals surface area contributed by atoms with Gasteiger partial charge in [-0.05, 0) is 55.9 Å². The standard InChI is InChI=1S/C17H21BrN2O2/c1-12-3-2-10-20(11-12)16(22)17(8-9-17)15(21)19-14-6-4-13(18)5-7-14/h4-7,12H,2-3,8-11H2,1H3,(H,19,21). The number of hydrogen-bond acceptors (Lipinski definition) is 2. The van der Waals surface area contributed by atoms with Crippen LogP contribution in [0.3, 0.4) is 0 Å². The van der Waals surface area contributed by atoms with Crippen LogP contribution in [-0.2, 0) is 9.59 Å². The molecular formula is C17H21BrN2O2. The number of nitrogens with zero attached hydrogens (tertiary/aromatic N) is 1. The number of carbonyl (C=O) groups is 2. The lowest BCUT2D eigenvalue weighted by Gasteiger charge is -2.33. The van der Waals surface area contributed by atoms with Crippen LogP contribution in [-0.4, -0.2) is 29.8 Å². The first kappa shape index (κ1) is 15.5. The van der Waals surface area contributed by atoms with Crippen molar-refractivity contribution in [3.8, 4) is 0 Å². The van der Waals surface area contributed by atoms with E-state index in [0.29, 0.717) is 18.8 Å². The third kappa shape index (κ3) is 3.05. The summed E-state index contributed by atoms with van der Waals surface area (Å²) < 4.78 is 0.963. The average Bonchev–Trinajstić information content (AvgIpc) is 3.30. The fourth-order valence-corrected chi connectivity index (χ4v) is 3.39. The zero-order chi connectivity index (χ0) is 15.7. The van der Waals surface area contributed by atoms with Gasteiger partial charge in [0, 0.05) is 23.2 Å². The average molecular weight is 365 g/mol. The zero-order valence-corrected chi connectivity index (χ0v) is 14.4. The molecule has 1 aliphatic heterocycles. The fourth-order valence-electron chi connectivity index (χ4n) is 3.12. The van der Waals surface area contributed by atoms with Gasteiger partial charge in [0.25, 0.3) is 0 Å². The van der Waals surface area contributed by atoms with Gasteiger partial charge in [0.1, 0.15) is 5.41 Å². The molecule has 1 heterocycles. The van der Waals surface area contributed by atoms with Gasteiger partial charge in [0.2, 0.25) is 11.8 Å². The van der Waals surface area contributed by atoms with Crippen LogP contribution in [0, 0.1) is 11.3 Å². The maximum atomic E-state index is 12.8. The van der Waals surface area contributed by atoms with Crippen molar-refractivity contribution in [3.63, 3.8) is 0 Å². The second-order valence-corrected chi connectivity index (χ2v) is 7.46. The van der Waals surface area contributed by atoms with E-state index in [4.69, 9.17) is 0 Å². The Labute approximate surface area is 139 Å². The molecule has 118 valence electrons. The van der Waals surface area contributed by atoms with Crippen LogP contribution in [0.2, 0.25) is 0 Å². The molecule has 1 saturated carbocycles. The highest BCUT2D eigenvalue weighted by atomic mass is 79.9. The van der Waals surface area contributed by atoms with E-state index in [1.54, 1.807) is 0 Å². The van der Waals surface area contributed by atoms with Crippen molar-refractivity contribution in [2.24, 2.45) is 11.3 Å². The Bertz CT molecular complexity index is 581. The van der Waals surface area contributed by atoms with Crippen molar-refractivity contribution >= 4 is 33.4 Å². The first-order valence-corrected chi connectivity index (χ1v) is 8.67. The molecular weight excluding hydrogens is 344 g/mol. The number of piperidine rings is 1. The molecule has 1 aliphatic carbocycles. The Morgan fingerprint density at radius 2 is 1.95 bits per heavy atom. The molecule has 5 heteroatoms. The van der Waals surface area contributed by atoms with Crippen LogP contribution in [0.25, 0.3) is 0 Å². The molecule has 0 bridgehead atoms. The molecule has 0 spiro atoms. The Morgan fingerprint density at radius 1 is 1.27 bits per heavy atom. The van der Waals surface area contributed by atoms with E-state index in [1.165, 1.54) is 6.42 Å². The summed E-state index contributed by atoms with van der Waals surface area (Å²) in [7, 11) is 0. The van der Waals surface area contributed by atoms with Crippen LogP contribution in [0.5, 0.6) is 0 Å². The number of rotatable bonds is 3. The van der Waals surface area contributed by atoms with Gasteiger partial charge in [0.15, 0.2) is 0 Å². The summed E-state index contributed by atoms with van der Waals surface area (Å²) in [6.45, 7) is 3.74. The second kappa shape index (κ2) is 6.03. The molecule has 1 N–H and O–H groups in total. The van der Waals surface area contributed by atoms with E-state index in [9.17, 15) is 9.59 Å². The van der Waals surface area contributed by atoms with Crippen LogP contribution in [0.1, 0.15) is 32.6 Å². The summed E-state index contributed by atoms with van der Waals surface area (Å²) in [5.41, 5.74) is -0.0799. The SMILES string of the molecule is CC1CCCN(C(=O)C2(C(=O)Nc3ccc(Br)cc3)CC2)C1. The molecule has 3 rings (SSSR count). The van der Waals surface area contributed by atoms with Gasteiger partial charge in [0.05, 0.1) is 0 Å². The summed E-state index contributed by atoms with van der Waals surface area (Å²) in [6.07, 6.45) is 3.54. The molecule has 2 aliphatic rings. The summed E-state index contributed by atoms with van der Waals surface area (Å²) in [5, 5.41) is 2.90. The quantitative estimate of drug-likeness (QED) is 0.835. The Kier molecular flexibility index (Phi) is 4.26. The molecule has 1 aromatic carbocycles. The molecule has 2 fully saturated rings. The van der Waals surface area contributed by atoms with Crippen LogP contribution < -0.4 is 5.32 Å². The van der Waals surface area contributed by atoms with Gasteiger partial charge in [-0.3, -0.25) is 9.59 Å². The lowest BCUT2D eigenvalue weighted by atomic mass is 9.96. The van der Waals surface area contributed by atoms with E-state index in [-0.39, 0.29) is 11.8 Å². The number of anilines is 1. The molecule has 1 unspecified atom stereocenters. The number of carbonyl (C=O) groups excluding carboxylic acids is 2. The lowest BCUT2D eigenvalue weighted by molar-refractivity contribution is -0.143. The fraction of sp³-hybridized carbons (Fsp3) is 0.529. The van der Waals surface area contributed by atoms with Crippen molar-refractivity contribution in [2.45, 2.75) is 32.6 Å². The largest absolute Gasteiger partial charge is 0.342 e. The number of amides is 2. The lowest BCUT2D eigenvalue weighted by Crippen LogP contribution is -2.46. The number of nitrogens with one attached hydrogen (secondary N) is 1. The van der Waals surface area contributed by atoms with Crippen molar-refractivity contribution in [1.29, 1.82) is 0 Å². The van der Waals surface area contributed by atoms with Crippen LogP contribution in [0.4, 0.5) is 5.69 Å². The summed E-state index contributed by atoms with van der Waals surface area (Å²) in [6, 6.07) is 7.43. The predicted octanol–water partition coefficient (Wildman–Crippen LogP) is 3.43. The molecule has 22 heavy (non-hydrogen) atoms. The Hall–Kier alpha value is -1.36. The van der Waals surface area contributed by atoms with Gasteiger partial charge in [-0.1, -0.05) is 22.9 Å². The number of likely N-dealkylation sites (tertiary alicyclic amines) is 1. The molecule has 1 aromatic rings. The van der Waals surface area contributed by atoms with Gasteiger partial charge in [-0.15, -0.1) is 0 Å². The third-order valence-electron chi connectivity index (χ3n) is 4.64. The van der Waals surface area contributed by atoms with Crippen LogP contribution >= 0.6 is 15.9 Å². The van der Waals surface area contributed by atoms with E-state index in [0.717, 1.165) is 29.7 Å². The monoisotopic (exact) mass is 364 g/mol. The highest BCUT2D eigenvalue weighted by Crippen LogP contribution is 2.48. The second-order valence-electron chi connectivity index (χ2n) is 6.54. The highest BCUT2D eigenvalue weighted by molar-refractivity contribution is 9.10. The summed E-state index contributed by atoms with van der Waals surface area (Å²) in [5.74, 6) is 0.398. The van der Waals surface area contributed by atoms with Crippen molar-refractivity contribution in [3.05, 3.63) is 28.7 Å². The van der Waals surface area contributed by atoms with E-state index < -0.39 is 5.41 Å². The normalized spacial score (nSPS) is 23.0. The molecule has 4 nitrogen and oxygen atoms in total. The van der Waals surface area contributed by atoms with Gasteiger partial charge in [-0.2, -0.15) is 0 Å². The first-order chi connectivity index (χ1) is 10.5. The van der Waals surface area contributed by atoms with E-state index in [2.05, 4.69) is 28.2 Å². The third-order valence-corrected chi connectivity index (χ3v) is 5.17. The summed E-state index contributed by atoms with van der Waals surface area (Å²) >= 11 is 3.37. The predicted molar refractivity (Wildman–Crippen MR) is 89.4 cm³/mol. The maximum absolute atomic E-state index is 12.8. The number of halogens is 1. The smallest absolute Gasteiger partial charge is 0.240 e. The molecule has 0 aromatic heterocycles. The van der Waals surface area contributed by atoms with E-state index >= 15 is 0 Å². The minimum atomic E-state index is -0.815. The number of hydrogen-bond donors (Lipinski definition) is 1. The zero-order valence-electron chi connectivity index (χ0n) is 12.8. The molecule has 1 atom stereocenters. The Morgan fingerprint density at radius 3 is 2.55 bits per heavy atom. The Balaban J connectivity index is 1.68. The van der Waals surface area contributed by atoms with Crippen molar-refractivity contribution in [1.82, 2.24) is 4.90 Å². The topological polar surface area (TPSA) is 49.4 Å². The maximum Gasteiger partial charge on any atom is 0.240 e. The van der Waals surface area contributed by atoms with Gasteiger partial charge >= 0.3 is 0 Å². The van der Waals surface area contributed by atoms with Crippen LogP contribution in [0.15, 0.2) is 28.7 Å². The highest BCUT2D eigenvalue weighted by Gasteiger charge is 2.58. The van der Waals surface area contributed by atoms with Gasteiger partial charge < -0.3 is 10.2 Å². The molecule has 0 radical (unpaired) electrons. The first-order valence-electron chi connectivity index (χ1n) is 7.88. The van der Waals surface area contributed by atoms with Gasteiger partial charge in [-0.25, -0.2) is 0 Å². The minimum Gasteiger partial charge on any atom is -0.342 e. The molecule has 1 saturated heterocycles. The van der Waals surface area contributed by atoms with Crippen molar-refractivity contribution < 1.29 is 9.59 Å². The van der Waals surface area contributed by atoms with E-state index in [1.807, 2.05) is 29.2 Å². The van der Waals surface area contributed by atoms with Crippen molar-refractivity contribution in [2.75, 3.05) is 18.4 Å². The minimum absolute atomic E-state index is 0.0219.